The van der Waals surface area contributed by atoms with Gasteiger partial charge in [0.2, 0.25) is 0 Å². The van der Waals surface area contributed by atoms with Crippen LogP contribution in [0.3, 0.4) is 0 Å². The van der Waals surface area contributed by atoms with E-state index in [1.54, 1.807) is 18.2 Å². The minimum absolute atomic E-state index is 0.0637. The Morgan fingerprint density at radius 2 is 1.82 bits per heavy atom. The first-order valence-electron chi connectivity index (χ1n) is 8.78. The molecule has 1 aromatic heterocycles. The molecule has 0 aliphatic heterocycles. The van der Waals surface area contributed by atoms with Crippen LogP contribution in [0.4, 0.5) is 0 Å². The number of ether oxygens (including phenoxy) is 1. The lowest BCUT2D eigenvalue weighted by molar-refractivity contribution is 0.0917. The van der Waals surface area contributed by atoms with Gasteiger partial charge in [0.05, 0.1) is 11.4 Å². The molecule has 146 valence electrons. The normalized spacial score (nSPS) is 11.2. The van der Waals surface area contributed by atoms with Crippen molar-refractivity contribution in [2.24, 2.45) is 0 Å². The van der Waals surface area contributed by atoms with Crippen molar-refractivity contribution in [3.63, 3.8) is 0 Å². The number of carbonyl (C=O) groups excluding carboxylic acids is 1. The smallest absolute Gasteiger partial charge is 0.287 e. The largest absolute Gasteiger partial charge is 0.492 e. The zero-order valence-electron chi connectivity index (χ0n) is 15.4. The molecular formula is C21H21NO5S. The number of amides is 1. The lowest BCUT2D eigenvalue weighted by Crippen LogP contribution is -2.27. The lowest BCUT2D eigenvalue weighted by atomic mass is 10.2. The molecule has 0 aliphatic carbocycles. The van der Waals surface area contributed by atoms with Crippen LogP contribution in [0.1, 0.15) is 21.9 Å². The summed E-state index contributed by atoms with van der Waals surface area (Å²) in [6.07, 6.45) is 0. The minimum atomic E-state index is -3.53. The van der Waals surface area contributed by atoms with Gasteiger partial charge >= 0.3 is 0 Å². The van der Waals surface area contributed by atoms with Crippen LogP contribution in [-0.4, -0.2) is 27.5 Å². The zero-order chi connectivity index (χ0) is 20.0. The van der Waals surface area contributed by atoms with Gasteiger partial charge in [-0.1, -0.05) is 30.3 Å². The molecule has 1 N–H and O–H groups in total. The fourth-order valence-corrected chi connectivity index (χ4v) is 3.87. The second kappa shape index (κ2) is 8.75. The fraction of sp³-hybridized carbons (Fsp3) is 0.190. The molecule has 3 aromatic rings. The summed E-state index contributed by atoms with van der Waals surface area (Å²) in [5.74, 6) is 0.288. The molecule has 7 heteroatoms. The number of carbonyl (C=O) groups is 1. The third-order valence-electron chi connectivity index (χ3n) is 3.97. The molecule has 0 spiro atoms. The first-order valence-corrected chi connectivity index (χ1v) is 10.4. The third kappa shape index (κ3) is 5.23. The molecule has 0 saturated carbocycles. The van der Waals surface area contributed by atoms with Gasteiger partial charge in [-0.15, -0.1) is 0 Å². The molecule has 0 radical (unpaired) electrons. The van der Waals surface area contributed by atoms with Gasteiger partial charge < -0.3 is 14.5 Å². The molecule has 0 atom stereocenters. The van der Waals surface area contributed by atoms with E-state index in [1.807, 2.05) is 31.2 Å². The van der Waals surface area contributed by atoms with Gasteiger partial charge in [-0.25, -0.2) is 8.42 Å². The molecule has 0 unspecified atom stereocenters. The average molecular weight is 399 g/mol. The van der Waals surface area contributed by atoms with Crippen LogP contribution in [0, 0.1) is 6.92 Å². The van der Waals surface area contributed by atoms with Crippen LogP contribution in [0.5, 0.6) is 5.75 Å². The summed E-state index contributed by atoms with van der Waals surface area (Å²) >= 11 is 0. The van der Waals surface area contributed by atoms with E-state index in [0.29, 0.717) is 13.2 Å². The van der Waals surface area contributed by atoms with Crippen LogP contribution in [-0.2, 0) is 15.6 Å². The number of hydrogen-bond acceptors (Lipinski definition) is 5. The molecule has 28 heavy (non-hydrogen) atoms. The summed E-state index contributed by atoms with van der Waals surface area (Å²) in [6, 6.07) is 18.7. The van der Waals surface area contributed by atoms with Crippen molar-refractivity contribution >= 4 is 15.7 Å². The van der Waals surface area contributed by atoms with E-state index in [0.717, 1.165) is 11.3 Å². The molecular weight excluding hydrogens is 378 g/mol. The molecule has 0 fully saturated rings. The van der Waals surface area contributed by atoms with Crippen molar-refractivity contribution in [1.29, 1.82) is 0 Å². The van der Waals surface area contributed by atoms with Crippen LogP contribution in [0.25, 0.3) is 0 Å². The van der Waals surface area contributed by atoms with Gasteiger partial charge in [-0.05, 0) is 48.9 Å². The highest BCUT2D eigenvalue weighted by Crippen LogP contribution is 2.18. The Labute approximate surface area is 164 Å². The van der Waals surface area contributed by atoms with Crippen molar-refractivity contribution in [2.75, 3.05) is 13.2 Å². The SMILES string of the molecule is Cc1cccc(OCCNC(=O)c2ccc(CS(=O)(=O)c3ccccc3)o2)c1. The van der Waals surface area contributed by atoms with E-state index < -0.39 is 15.7 Å². The van der Waals surface area contributed by atoms with Crippen molar-refractivity contribution in [3.05, 3.63) is 83.8 Å². The summed E-state index contributed by atoms with van der Waals surface area (Å²) in [6.45, 7) is 2.58. The van der Waals surface area contributed by atoms with E-state index in [-0.39, 0.29) is 22.2 Å². The number of benzene rings is 2. The number of sulfone groups is 1. The summed E-state index contributed by atoms with van der Waals surface area (Å²) < 4.78 is 35.7. The van der Waals surface area contributed by atoms with Gasteiger partial charge in [-0.3, -0.25) is 4.79 Å². The summed E-state index contributed by atoms with van der Waals surface area (Å²) in [7, 11) is -3.53. The second-order valence-corrected chi connectivity index (χ2v) is 8.25. The quantitative estimate of drug-likeness (QED) is 0.587. The van der Waals surface area contributed by atoms with E-state index in [9.17, 15) is 13.2 Å². The molecule has 1 heterocycles. The monoisotopic (exact) mass is 399 g/mol. The van der Waals surface area contributed by atoms with E-state index in [2.05, 4.69) is 5.32 Å². The van der Waals surface area contributed by atoms with Gasteiger partial charge in [-0.2, -0.15) is 0 Å². The maximum atomic E-state index is 12.4. The molecule has 3 rings (SSSR count). The van der Waals surface area contributed by atoms with E-state index in [1.165, 1.54) is 24.3 Å². The maximum absolute atomic E-state index is 12.4. The number of nitrogens with one attached hydrogen (secondary N) is 1. The zero-order valence-corrected chi connectivity index (χ0v) is 16.2. The highest BCUT2D eigenvalue weighted by atomic mass is 32.2. The Kier molecular flexibility index (Phi) is 6.16. The van der Waals surface area contributed by atoms with Gasteiger partial charge in [0, 0.05) is 0 Å². The first-order chi connectivity index (χ1) is 13.4. The van der Waals surface area contributed by atoms with Crippen molar-refractivity contribution in [3.8, 4) is 5.75 Å². The predicted octanol–water partition coefficient (Wildman–Crippen LogP) is 3.37. The van der Waals surface area contributed by atoms with Crippen LogP contribution in [0.2, 0.25) is 0 Å². The van der Waals surface area contributed by atoms with Gasteiger partial charge in [0.15, 0.2) is 15.6 Å². The van der Waals surface area contributed by atoms with E-state index in [4.69, 9.17) is 9.15 Å². The lowest BCUT2D eigenvalue weighted by Gasteiger charge is -2.07. The minimum Gasteiger partial charge on any atom is -0.492 e. The van der Waals surface area contributed by atoms with Crippen molar-refractivity contribution in [2.45, 2.75) is 17.6 Å². The Hall–Kier alpha value is -3.06. The first kappa shape index (κ1) is 19.7. The summed E-state index contributed by atoms with van der Waals surface area (Å²) in [5.41, 5.74) is 1.09. The Morgan fingerprint density at radius 1 is 1.04 bits per heavy atom. The maximum Gasteiger partial charge on any atom is 0.287 e. The molecule has 6 nitrogen and oxygen atoms in total. The molecule has 0 aliphatic rings. The third-order valence-corrected chi connectivity index (χ3v) is 5.62. The van der Waals surface area contributed by atoms with Gasteiger partial charge in [0.25, 0.3) is 5.91 Å². The number of furan rings is 1. The van der Waals surface area contributed by atoms with Crippen molar-refractivity contribution < 1.29 is 22.4 Å². The second-order valence-electron chi connectivity index (χ2n) is 6.26. The van der Waals surface area contributed by atoms with Crippen LogP contribution in [0.15, 0.2) is 76.0 Å². The summed E-state index contributed by atoms with van der Waals surface area (Å²) in [5, 5.41) is 2.68. The number of aryl methyl sites for hydroxylation is 1. The van der Waals surface area contributed by atoms with Crippen LogP contribution < -0.4 is 10.1 Å². The fourth-order valence-electron chi connectivity index (χ4n) is 2.60. The Bertz CT molecular complexity index is 1040. The molecule has 0 saturated heterocycles. The standard InChI is InChI=1S/C21H21NO5S/c1-16-6-5-7-17(14-16)26-13-12-22-21(23)20-11-10-18(27-20)15-28(24,25)19-8-3-2-4-9-19/h2-11,14H,12-13,15H2,1H3,(H,22,23). The topological polar surface area (TPSA) is 85.6 Å². The van der Waals surface area contributed by atoms with Crippen LogP contribution >= 0.6 is 0 Å². The Morgan fingerprint density at radius 3 is 2.57 bits per heavy atom. The predicted molar refractivity (Wildman–Crippen MR) is 105 cm³/mol. The average Bonchev–Trinajstić information content (AvgIpc) is 3.14. The van der Waals surface area contributed by atoms with Gasteiger partial charge in [0.1, 0.15) is 23.9 Å². The molecule has 0 bridgehead atoms. The summed E-state index contributed by atoms with van der Waals surface area (Å²) in [4.78, 5) is 12.4. The molecule has 1 amide bonds. The number of hydrogen-bond donors (Lipinski definition) is 1. The number of rotatable bonds is 8. The highest BCUT2D eigenvalue weighted by Gasteiger charge is 2.19. The van der Waals surface area contributed by atoms with Crippen molar-refractivity contribution in [1.82, 2.24) is 5.32 Å². The Balaban J connectivity index is 1.51. The van der Waals surface area contributed by atoms with E-state index >= 15 is 0 Å². The molecule has 2 aromatic carbocycles. The highest BCUT2D eigenvalue weighted by molar-refractivity contribution is 7.90.